The monoisotopic (exact) mass is 326 g/mol. The molecule has 0 unspecified atom stereocenters. The Kier molecular flexibility index (Phi) is 6.24. The van der Waals surface area contributed by atoms with E-state index in [4.69, 9.17) is 4.74 Å². The van der Waals surface area contributed by atoms with Gasteiger partial charge in [0.1, 0.15) is 5.75 Å². The van der Waals surface area contributed by atoms with Gasteiger partial charge in [-0.3, -0.25) is 4.79 Å². The maximum Gasteiger partial charge on any atom is 0.243 e. The third kappa shape index (κ3) is 5.01. The quantitative estimate of drug-likeness (QED) is 0.793. The summed E-state index contributed by atoms with van der Waals surface area (Å²) in [6.07, 6.45) is 1.01. The van der Waals surface area contributed by atoms with Crippen molar-refractivity contribution >= 4 is 17.3 Å². The molecule has 24 heavy (non-hydrogen) atoms. The fraction of sp³-hybridized carbons (Fsp3) is 0.350. The molecule has 0 aromatic heterocycles. The maximum absolute atomic E-state index is 12.3. The van der Waals surface area contributed by atoms with Crippen LogP contribution in [-0.2, 0) is 11.2 Å². The summed E-state index contributed by atoms with van der Waals surface area (Å²) in [7, 11) is 0. The van der Waals surface area contributed by atoms with Gasteiger partial charge in [-0.15, -0.1) is 0 Å². The molecule has 2 N–H and O–H groups in total. The number of hydrogen-bond acceptors (Lipinski definition) is 3. The summed E-state index contributed by atoms with van der Waals surface area (Å²) in [5, 5.41) is 6.16. The standard InChI is InChI=1S/C20H26N2O2/c1-5-16-9-6-8-15(4)20(16)22-19(23)13-21-17-10-7-11-18(12-17)24-14(2)3/h6-12,14,21H,5,13H2,1-4H3,(H,22,23). The van der Waals surface area contributed by atoms with Crippen molar-refractivity contribution in [3.05, 3.63) is 53.6 Å². The number of hydrogen-bond donors (Lipinski definition) is 2. The number of carbonyl (C=O) groups excluding carboxylic acids is 1. The van der Waals surface area contributed by atoms with E-state index in [1.54, 1.807) is 0 Å². The van der Waals surface area contributed by atoms with E-state index in [0.29, 0.717) is 0 Å². The van der Waals surface area contributed by atoms with E-state index in [9.17, 15) is 4.79 Å². The first-order valence-corrected chi connectivity index (χ1v) is 8.38. The van der Waals surface area contributed by atoms with Crippen molar-refractivity contribution in [1.29, 1.82) is 0 Å². The van der Waals surface area contributed by atoms with Crippen LogP contribution < -0.4 is 15.4 Å². The van der Waals surface area contributed by atoms with Gasteiger partial charge in [0.25, 0.3) is 0 Å². The van der Waals surface area contributed by atoms with Crippen LogP contribution in [0.2, 0.25) is 0 Å². The smallest absolute Gasteiger partial charge is 0.243 e. The number of rotatable bonds is 7. The van der Waals surface area contributed by atoms with Crippen molar-refractivity contribution in [1.82, 2.24) is 0 Å². The summed E-state index contributed by atoms with van der Waals surface area (Å²) in [4.78, 5) is 12.3. The predicted octanol–water partition coefficient (Wildman–Crippen LogP) is 4.40. The highest BCUT2D eigenvalue weighted by Crippen LogP contribution is 2.21. The summed E-state index contributed by atoms with van der Waals surface area (Å²) in [5.41, 5.74) is 4.01. The molecule has 0 fully saturated rings. The van der Waals surface area contributed by atoms with Crippen molar-refractivity contribution in [3.8, 4) is 5.75 Å². The number of ether oxygens (including phenoxy) is 1. The first kappa shape index (κ1) is 17.9. The Hall–Kier alpha value is -2.49. The van der Waals surface area contributed by atoms with E-state index in [-0.39, 0.29) is 18.6 Å². The molecule has 0 aliphatic carbocycles. The fourth-order valence-corrected chi connectivity index (χ4v) is 2.52. The van der Waals surface area contributed by atoms with E-state index in [1.165, 1.54) is 0 Å². The van der Waals surface area contributed by atoms with Gasteiger partial charge in [-0.25, -0.2) is 0 Å². The van der Waals surface area contributed by atoms with Crippen LogP contribution in [-0.4, -0.2) is 18.6 Å². The van der Waals surface area contributed by atoms with Gasteiger partial charge in [-0.2, -0.15) is 0 Å². The van der Waals surface area contributed by atoms with Gasteiger partial charge in [0, 0.05) is 17.4 Å². The summed E-state index contributed by atoms with van der Waals surface area (Å²) in [5.74, 6) is 0.733. The topological polar surface area (TPSA) is 50.4 Å². The van der Waals surface area contributed by atoms with Crippen LogP contribution in [0.4, 0.5) is 11.4 Å². The van der Waals surface area contributed by atoms with Crippen LogP contribution in [0.3, 0.4) is 0 Å². The van der Waals surface area contributed by atoms with Crippen LogP contribution in [0.1, 0.15) is 31.9 Å². The Morgan fingerprint density at radius 2 is 1.92 bits per heavy atom. The van der Waals surface area contributed by atoms with Gasteiger partial charge in [-0.05, 0) is 50.5 Å². The number of benzene rings is 2. The average molecular weight is 326 g/mol. The molecular formula is C20H26N2O2. The first-order valence-electron chi connectivity index (χ1n) is 8.38. The fourth-order valence-electron chi connectivity index (χ4n) is 2.52. The number of carbonyl (C=O) groups is 1. The Morgan fingerprint density at radius 1 is 1.17 bits per heavy atom. The highest BCUT2D eigenvalue weighted by Gasteiger charge is 2.08. The first-order chi connectivity index (χ1) is 11.5. The SMILES string of the molecule is CCc1cccc(C)c1NC(=O)CNc1cccc(OC(C)C)c1. The zero-order valence-corrected chi connectivity index (χ0v) is 14.8. The van der Waals surface area contributed by atoms with E-state index >= 15 is 0 Å². The molecule has 2 aromatic rings. The van der Waals surface area contributed by atoms with Gasteiger partial charge in [0.2, 0.25) is 5.91 Å². The molecule has 0 aliphatic rings. The molecule has 2 aromatic carbocycles. The maximum atomic E-state index is 12.3. The molecule has 0 saturated carbocycles. The second kappa shape index (κ2) is 8.39. The Balaban J connectivity index is 1.97. The molecule has 128 valence electrons. The molecule has 0 aliphatic heterocycles. The predicted molar refractivity (Wildman–Crippen MR) is 99.9 cm³/mol. The van der Waals surface area contributed by atoms with Gasteiger partial charge in [0.15, 0.2) is 0 Å². The van der Waals surface area contributed by atoms with E-state index in [0.717, 1.165) is 34.7 Å². The minimum Gasteiger partial charge on any atom is -0.491 e. The summed E-state index contributed by atoms with van der Waals surface area (Å²) >= 11 is 0. The lowest BCUT2D eigenvalue weighted by molar-refractivity contribution is -0.114. The molecule has 0 saturated heterocycles. The van der Waals surface area contributed by atoms with Crippen molar-refractivity contribution in [2.45, 2.75) is 40.2 Å². The van der Waals surface area contributed by atoms with Crippen molar-refractivity contribution < 1.29 is 9.53 Å². The van der Waals surface area contributed by atoms with Crippen LogP contribution in [0, 0.1) is 6.92 Å². The number of anilines is 2. The van der Waals surface area contributed by atoms with Gasteiger partial charge >= 0.3 is 0 Å². The Morgan fingerprint density at radius 3 is 2.62 bits per heavy atom. The van der Waals surface area contributed by atoms with Gasteiger partial charge in [0.05, 0.1) is 12.6 Å². The van der Waals surface area contributed by atoms with Gasteiger partial charge in [-0.1, -0.05) is 31.2 Å². The lowest BCUT2D eigenvalue weighted by Gasteiger charge is -2.14. The number of para-hydroxylation sites is 1. The molecule has 0 spiro atoms. The molecule has 0 bridgehead atoms. The normalized spacial score (nSPS) is 10.5. The lowest BCUT2D eigenvalue weighted by atomic mass is 10.1. The lowest BCUT2D eigenvalue weighted by Crippen LogP contribution is -2.23. The molecular weight excluding hydrogens is 300 g/mol. The highest BCUT2D eigenvalue weighted by atomic mass is 16.5. The molecule has 4 nitrogen and oxygen atoms in total. The van der Waals surface area contributed by atoms with E-state index in [2.05, 4.69) is 17.6 Å². The molecule has 0 radical (unpaired) electrons. The second-order valence-corrected chi connectivity index (χ2v) is 6.06. The Labute approximate surface area is 144 Å². The largest absolute Gasteiger partial charge is 0.491 e. The number of nitrogens with one attached hydrogen (secondary N) is 2. The molecule has 0 heterocycles. The van der Waals surface area contributed by atoms with Crippen molar-refractivity contribution in [3.63, 3.8) is 0 Å². The third-order valence-corrected chi connectivity index (χ3v) is 3.66. The number of amides is 1. The van der Waals surface area contributed by atoms with Crippen LogP contribution in [0.5, 0.6) is 5.75 Å². The Bertz CT molecular complexity index is 696. The van der Waals surface area contributed by atoms with Crippen molar-refractivity contribution in [2.24, 2.45) is 0 Å². The molecule has 4 heteroatoms. The zero-order valence-electron chi connectivity index (χ0n) is 14.8. The van der Waals surface area contributed by atoms with Crippen LogP contribution in [0.25, 0.3) is 0 Å². The van der Waals surface area contributed by atoms with E-state index < -0.39 is 0 Å². The van der Waals surface area contributed by atoms with Gasteiger partial charge < -0.3 is 15.4 Å². The van der Waals surface area contributed by atoms with Crippen molar-refractivity contribution in [2.75, 3.05) is 17.2 Å². The van der Waals surface area contributed by atoms with E-state index in [1.807, 2.05) is 63.2 Å². The zero-order chi connectivity index (χ0) is 17.5. The molecule has 0 atom stereocenters. The highest BCUT2D eigenvalue weighted by molar-refractivity contribution is 5.95. The second-order valence-electron chi connectivity index (χ2n) is 6.06. The molecule has 1 amide bonds. The number of aryl methyl sites for hydroxylation is 2. The summed E-state index contributed by atoms with van der Waals surface area (Å²) in [6.45, 7) is 8.28. The minimum atomic E-state index is -0.0609. The average Bonchev–Trinajstić information content (AvgIpc) is 2.54. The summed E-state index contributed by atoms with van der Waals surface area (Å²) < 4.78 is 5.66. The minimum absolute atomic E-state index is 0.0609. The molecule has 2 rings (SSSR count). The third-order valence-electron chi connectivity index (χ3n) is 3.66. The van der Waals surface area contributed by atoms with Crippen LogP contribution in [0.15, 0.2) is 42.5 Å². The summed E-state index contributed by atoms with van der Waals surface area (Å²) in [6, 6.07) is 13.7. The van der Waals surface area contributed by atoms with Crippen LogP contribution >= 0.6 is 0 Å².